The van der Waals surface area contributed by atoms with E-state index in [0.29, 0.717) is 0 Å². The molecule has 1 aliphatic carbocycles. The van der Waals surface area contributed by atoms with Crippen molar-refractivity contribution < 1.29 is 18.0 Å². The summed E-state index contributed by atoms with van der Waals surface area (Å²) in [6, 6.07) is 5.47. The van der Waals surface area contributed by atoms with Gasteiger partial charge in [-0.15, -0.1) is 0 Å². The number of nitrogens with one attached hydrogen (secondary N) is 1. The van der Waals surface area contributed by atoms with Crippen LogP contribution in [0.25, 0.3) is 0 Å². The molecule has 7 heteroatoms. The minimum atomic E-state index is -4.01. The van der Waals surface area contributed by atoms with E-state index in [1.165, 1.54) is 12.1 Å². The Morgan fingerprint density at radius 3 is 2.38 bits per heavy atom. The van der Waals surface area contributed by atoms with Gasteiger partial charge in [0.15, 0.2) is 0 Å². The lowest BCUT2D eigenvalue weighted by Gasteiger charge is -2.25. The van der Waals surface area contributed by atoms with Crippen molar-refractivity contribution in [1.29, 1.82) is 0 Å². The normalized spacial score (nSPS) is 22.1. The fraction of sp³-hybridized carbons (Fsp3) is 0.529. The summed E-state index contributed by atoms with van der Waals surface area (Å²) in [6.45, 7) is 1.86. The summed E-state index contributed by atoms with van der Waals surface area (Å²) in [5.74, 6) is -0.870. The number of sulfonamides is 1. The number of amides is 2. The molecule has 1 aromatic rings. The number of benzene rings is 1. The zero-order valence-corrected chi connectivity index (χ0v) is 14.5. The van der Waals surface area contributed by atoms with Gasteiger partial charge < -0.3 is 5.32 Å². The van der Waals surface area contributed by atoms with E-state index < -0.39 is 22.0 Å². The molecule has 3 rings (SSSR count). The Morgan fingerprint density at radius 1 is 1.12 bits per heavy atom. The smallest absolute Gasteiger partial charge is 0.267 e. The van der Waals surface area contributed by atoms with Gasteiger partial charge in [-0.1, -0.05) is 30.5 Å². The van der Waals surface area contributed by atoms with Gasteiger partial charge in [-0.3, -0.25) is 9.59 Å². The molecule has 0 aromatic heterocycles. The van der Waals surface area contributed by atoms with Crippen LogP contribution in [-0.4, -0.2) is 36.6 Å². The Kier molecular flexibility index (Phi) is 4.62. The fourth-order valence-electron chi connectivity index (χ4n) is 3.39. The molecule has 0 bridgehead atoms. The van der Waals surface area contributed by atoms with E-state index in [-0.39, 0.29) is 29.7 Å². The van der Waals surface area contributed by atoms with Crippen molar-refractivity contribution in [2.24, 2.45) is 0 Å². The van der Waals surface area contributed by atoms with Crippen molar-refractivity contribution in [2.45, 2.75) is 62.4 Å². The number of carbonyl (C=O) groups is 2. The highest BCUT2D eigenvalue weighted by Crippen LogP contribution is 2.28. The Bertz CT molecular complexity index is 736. The quantitative estimate of drug-likeness (QED) is 0.896. The van der Waals surface area contributed by atoms with Crippen LogP contribution in [0.2, 0.25) is 0 Å². The van der Waals surface area contributed by atoms with Gasteiger partial charge in [0.05, 0.1) is 4.90 Å². The highest BCUT2D eigenvalue weighted by Gasteiger charge is 2.44. The first-order valence-corrected chi connectivity index (χ1v) is 9.78. The summed E-state index contributed by atoms with van der Waals surface area (Å²) < 4.78 is 26.4. The van der Waals surface area contributed by atoms with Gasteiger partial charge in [0.2, 0.25) is 11.8 Å². The molecule has 1 saturated heterocycles. The Balaban J connectivity index is 1.84. The number of aryl methyl sites for hydroxylation is 1. The van der Waals surface area contributed by atoms with Crippen molar-refractivity contribution >= 4 is 21.8 Å². The fourth-order valence-corrected chi connectivity index (χ4v) is 4.99. The van der Waals surface area contributed by atoms with Crippen LogP contribution in [0.4, 0.5) is 0 Å². The van der Waals surface area contributed by atoms with Crippen LogP contribution >= 0.6 is 0 Å². The van der Waals surface area contributed by atoms with Gasteiger partial charge >= 0.3 is 0 Å². The second-order valence-corrected chi connectivity index (χ2v) is 8.37. The summed E-state index contributed by atoms with van der Waals surface area (Å²) in [7, 11) is -4.01. The summed E-state index contributed by atoms with van der Waals surface area (Å²) in [5, 5.41) is 2.91. The third kappa shape index (κ3) is 3.17. The minimum absolute atomic E-state index is 0.0435. The van der Waals surface area contributed by atoms with Gasteiger partial charge in [0.25, 0.3) is 10.0 Å². The molecule has 1 aromatic carbocycles. The molecule has 2 aliphatic rings. The molecule has 1 aliphatic heterocycles. The van der Waals surface area contributed by atoms with E-state index in [1.807, 2.05) is 6.92 Å². The predicted octanol–water partition coefficient (Wildman–Crippen LogP) is 1.73. The maximum Gasteiger partial charge on any atom is 0.267 e. The Labute approximate surface area is 142 Å². The van der Waals surface area contributed by atoms with Crippen molar-refractivity contribution in [3.63, 3.8) is 0 Å². The van der Waals surface area contributed by atoms with E-state index in [4.69, 9.17) is 0 Å². The average Bonchev–Trinajstić information content (AvgIpc) is 3.17. The minimum Gasteiger partial charge on any atom is -0.352 e. The summed E-state index contributed by atoms with van der Waals surface area (Å²) in [5.41, 5.74) is 0.928. The number of nitrogens with zero attached hydrogens (tertiary/aromatic N) is 1. The van der Waals surface area contributed by atoms with Crippen LogP contribution in [0, 0.1) is 6.92 Å². The number of rotatable bonds is 4. The summed E-state index contributed by atoms with van der Waals surface area (Å²) in [6.07, 6.45) is 4.28. The predicted molar refractivity (Wildman–Crippen MR) is 88.6 cm³/mol. The molecular weight excluding hydrogens is 328 g/mol. The van der Waals surface area contributed by atoms with Crippen molar-refractivity contribution in [3.8, 4) is 0 Å². The van der Waals surface area contributed by atoms with E-state index in [9.17, 15) is 18.0 Å². The third-order valence-corrected chi connectivity index (χ3v) is 6.59. The van der Waals surface area contributed by atoms with Crippen LogP contribution in [0.15, 0.2) is 29.2 Å². The van der Waals surface area contributed by atoms with Gasteiger partial charge in [-0.05, 0) is 38.3 Å². The number of hydrogen-bond acceptors (Lipinski definition) is 4. The maximum absolute atomic E-state index is 12.8. The molecule has 6 nitrogen and oxygen atoms in total. The zero-order chi connectivity index (χ0) is 17.3. The van der Waals surface area contributed by atoms with Crippen LogP contribution in [-0.2, 0) is 19.6 Å². The van der Waals surface area contributed by atoms with Crippen LogP contribution < -0.4 is 5.32 Å². The summed E-state index contributed by atoms with van der Waals surface area (Å²) >= 11 is 0. The van der Waals surface area contributed by atoms with E-state index >= 15 is 0 Å². The third-order valence-electron chi connectivity index (χ3n) is 4.74. The molecule has 0 unspecified atom stereocenters. The molecule has 1 atom stereocenters. The highest BCUT2D eigenvalue weighted by molar-refractivity contribution is 7.89. The van der Waals surface area contributed by atoms with Crippen LogP contribution in [0.5, 0.6) is 0 Å². The first kappa shape index (κ1) is 17.0. The molecule has 1 N–H and O–H groups in total. The maximum atomic E-state index is 12.8. The molecule has 1 saturated carbocycles. The standard InChI is InChI=1S/C17H22N2O4S/c1-12-6-8-14(9-7-12)24(22,23)19-15(10-11-16(19)20)17(21)18-13-4-2-3-5-13/h6-9,13,15H,2-5,10-11H2,1H3,(H,18,21)/t15-/m0/s1. The molecule has 2 fully saturated rings. The van der Waals surface area contributed by atoms with E-state index in [0.717, 1.165) is 35.6 Å². The molecule has 2 amide bonds. The van der Waals surface area contributed by atoms with Crippen molar-refractivity contribution in [3.05, 3.63) is 29.8 Å². The van der Waals surface area contributed by atoms with E-state index in [2.05, 4.69) is 5.32 Å². The molecule has 24 heavy (non-hydrogen) atoms. The Hall–Kier alpha value is -1.89. The SMILES string of the molecule is Cc1ccc(S(=O)(=O)N2C(=O)CC[C@H]2C(=O)NC2CCCC2)cc1. The van der Waals surface area contributed by atoms with Crippen LogP contribution in [0.1, 0.15) is 44.1 Å². The lowest BCUT2D eigenvalue weighted by atomic mass is 10.2. The first-order valence-electron chi connectivity index (χ1n) is 8.34. The molecular formula is C17H22N2O4S. The van der Waals surface area contributed by atoms with Crippen molar-refractivity contribution in [1.82, 2.24) is 9.62 Å². The number of carbonyl (C=O) groups excluding carboxylic acids is 2. The second-order valence-electron chi connectivity index (χ2n) is 6.55. The molecule has 0 radical (unpaired) electrons. The van der Waals surface area contributed by atoms with Crippen LogP contribution in [0.3, 0.4) is 0 Å². The van der Waals surface area contributed by atoms with Crippen molar-refractivity contribution in [2.75, 3.05) is 0 Å². The van der Waals surface area contributed by atoms with Gasteiger partial charge in [-0.2, -0.15) is 0 Å². The monoisotopic (exact) mass is 350 g/mol. The topological polar surface area (TPSA) is 83.6 Å². The highest BCUT2D eigenvalue weighted by atomic mass is 32.2. The first-order chi connectivity index (χ1) is 11.4. The second kappa shape index (κ2) is 6.55. The van der Waals surface area contributed by atoms with Gasteiger partial charge in [-0.25, -0.2) is 12.7 Å². The largest absolute Gasteiger partial charge is 0.352 e. The van der Waals surface area contributed by atoms with Gasteiger partial charge in [0.1, 0.15) is 6.04 Å². The number of hydrogen-bond donors (Lipinski definition) is 1. The van der Waals surface area contributed by atoms with Gasteiger partial charge in [0, 0.05) is 12.5 Å². The molecule has 1 heterocycles. The zero-order valence-electron chi connectivity index (χ0n) is 13.7. The molecule has 0 spiro atoms. The summed E-state index contributed by atoms with van der Waals surface area (Å²) in [4.78, 5) is 24.7. The lowest BCUT2D eigenvalue weighted by Crippen LogP contribution is -2.49. The Morgan fingerprint density at radius 2 is 1.75 bits per heavy atom. The lowest BCUT2D eigenvalue weighted by molar-refractivity contribution is -0.131. The average molecular weight is 350 g/mol. The van der Waals surface area contributed by atoms with E-state index in [1.54, 1.807) is 12.1 Å². The molecule has 130 valence electrons.